The molecular weight excluding hydrogens is 493 g/mol. The van der Waals surface area contributed by atoms with Crippen LogP contribution in [0.4, 0.5) is 19.0 Å². The Morgan fingerprint density at radius 2 is 1.92 bits per heavy atom. The molecule has 0 unspecified atom stereocenters. The first-order valence-electron chi connectivity index (χ1n) is 12.7. The number of fused-ring (bicyclic) bond motifs is 1. The van der Waals surface area contributed by atoms with Crippen LogP contribution >= 0.6 is 0 Å². The Balaban J connectivity index is 1.25. The van der Waals surface area contributed by atoms with Crippen LogP contribution in [0.25, 0.3) is 16.7 Å². The van der Waals surface area contributed by atoms with Crippen LogP contribution in [-0.4, -0.2) is 33.3 Å². The lowest BCUT2D eigenvalue weighted by molar-refractivity contribution is -0.137. The molecule has 3 aromatic heterocycles. The molecule has 1 aromatic carbocycles. The van der Waals surface area contributed by atoms with Crippen molar-refractivity contribution in [3.05, 3.63) is 78.3 Å². The third-order valence-electron chi connectivity index (χ3n) is 6.73. The fourth-order valence-corrected chi connectivity index (χ4v) is 4.74. The lowest BCUT2D eigenvalue weighted by Crippen LogP contribution is -2.29. The van der Waals surface area contributed by atoms with Crippen LogP contribution in [0.3, 0.4) is 0 Å². The van der Waals surface area contributed by atoms with E-state index in [0.717, 1.165) is 61.3 Å². The second-order valence-corrected chi connectivity index (χ2v) is 9.47. The van der Waals surface area contributed by atoms with E-state index in [-0.39, 0.29) is 5.82 Å². The SMILES string of the molecule is C=C(Nc1cc(C(F)(F)F)ccn1)c1ccc(Oc2ccnc3n[nH]c(CCC[C@@H]4CCCNC4)c23)cc1. The largest absolute Gasteiger partial charge is 0.456 e. The number of aromatic nitrogens is 4. The van der Waals surface area contributed by atoms with Gasteiger partial charge >= 0.3 is 6.18 Å². The Morgan fingerprint density at radius 1 is 1.11 bits per heavy atom. The second-order valence-electron chi connectivity index (χ2n) is 9.47. The van der Waals surface area contributed by atoms with E-state index in [2.05, 4.69) is 37.4 Å². The van der Waals surface area contributed by atoms with Crippen LogP contribution in [-0.2, 0) is 12.6 Å². The summed E-state index contributed by atoms with van der Waals surface area (Å²) < 4.78 is 45.2. The molecule has 10 heteroatoms. The summed E-state index contributed by atoms with van der Waals surface area (Å²) in [7, 11) is 0. The van der Waals surface area contributed by atoms with Gasteiger partial charge in [-0.1, -0.05) is 6.58 Å². The Labute approximate surface area is 218 Å². The maximum absolute atomic E-state index is 13.0. The Kier molecular flexibility index (Phi) is 7.59. The third kappa shape index (κ3) is 6.13. The first-order chi connectivity index (χ1) is 18.4. The normalized spacial score (nSPS) is 15.9. The predicted octanol–water partition coefficient (Wildman–Crippen LogP) is 6.57. The number of nitrogens with zero attached hydrogens (tertiary/aromatic N) is 3. The Bertz CT molecular complexity index is 1390. The van der Waals surface area contributed by atoms with Crippen molar-refractivity contribution in [2.45, 2.75) is 38.3 Å². The van der Waals surface area contributed by atoms with Crippen molar-refractivity contribution in [3.63, 3.8) is 0 Å². The van der Waals surface area contributed by atoms with Gasteiger partial charge in [-0.3, -0.25) is 5.10 Å². The minimum Gasteiger partial charge on any atom is -0.456 e. The fourth-order valence-electron chi connectivity index (χ4n) is 4.74. The number of aryl methyl sites for hydroxylation is 1. The van der Waals surface area contributed by atoms with Crippen LogP contribution in [0.2, 0.25) is 0 Å². The molecule has 0 saturated carbocycles. The smallest absolute Gasteiger partial charge is 0.416 e. The zero-order valence-corrected chi connectivity index (χ0v) is 20.8. The number of hydrogen-bond donors (Lipinski definition) is 3. The fraction of sp³-hybridized carbons (Fsp3) is 0.321. The highest BCUT2D eigenvalue weighted by Crippen LogP contribution is 2.33. The first kappa shape index (κ1) is 25.7. The summed E-state index contributed by atoms with van der Waals surface area (Å²) in [5.74, 6) is 2.05. The van der Waals surface area contributed by atoms with E-state index in [0.29, 0.717) is 28.4 Å². The van der Waals surface area contributed by atoms with Gasteiger partial charge in [0.1, 0.15) is 17.3 Å². The second kappa shape index (κ2) is 11.2. The van der Waals surface area contributed by atoms with Crippen LogP contribution in [0.5, 0.6) is 11.5 Å². The topological polar surface area (TPSA) is 87.8 Å². The van der Waals surface area contributed by atoms with Crippen molar-refractivity contribution in [1.29, 1.82) is 0 Å². The number of halogens is 3. The number of aromatic amines is 1. The van der Waals surface area contributed by atoms with E-state index in [9.17, 15) is 13.2 Å². The lowest BCUT2D eigenvalue weighted by Gasteiger charge is -2.22. The molecule has 0 bridgehead atoms. The van der Waals surface area contributed by atoms with Crippen molar-refractivity contribution in [3.8, 4) is 11.5 Å². The number of benzene rings is 1. The monoisotopic (exact) mass is 522 g/mol. The lowest BCUT2D eigenvalue weighted by atomic mass is 9.93. The van der Waals surface area contributed by atoms with Gasteiger partial charge in [0.05, 0.1) is 10.9 Å². The molecule has 1 aliphatic heterocycles. The van der Waals surface area contributed by atoms with Crippen molar-refractivity contribution in [2.24, 2.45) is 5.92 Å². The summed E-state index contributed by atoms with van der Waals surface area (Å²) >= 11 is 0. The molecule has 1 saturated heterocycles. The molecule has 0 amide bonds. The average Bonchev–Trinajstić information content (AvgIpc) is 3.33. The summed E-state index contributed by atoms with van der Waals surface area (Å²) in [4.78, 5) is 8.33. The molecule has 3 N–H and O–H groups in total. The molecule has 198 valence electrons. The van der Waals surface area contributed by atoms with E-state index in [1.165, 1.54) is 19.3 Å². The summed E-state index contributed by atoms with van der Waals surface area (Å²) in [6.45, 7) is 6.14. The maximum Gasteiger partial charge on any atom is 0.416 e. The Hall–Kier alpha value is -3.92. The quantitative estimate of drug-likeness (QED) is 0.231. The van der Waals surface area contributed by atoms with Gasteiger partial charge in [-0.05, 0) is 99.1 Å². The molecule has 1 atom stereocenters. The van der Waals surface area contributed by atoms with Gasteiger partial charge in [-0.15, -0.1) is 0 Å². The van der Waals surface area contributed by atoms with Gasteiger partial charge < -0.3 is 15.4 Å². The molecular formula is C28H29F3N6O. The molecule has 4 aromatic rings. The molecule has 7 nitrogen and oxygen atoms in total. The number of piperidine rings is 1. The highest BCUT2D eigenvalue weighted by molar-refractivity contribution is 5.85. The molecule has 1 aliphatic rings. The van der Waals surface area contributed by atoms with Crippen molar-refractivity contribution >= 4 is 22.5 Å². The van der Waals surface area contributed by atoms with E-state index in [1.54, 1.807) is 30.5 Å². The Morgan fingerprint density at radius 3 is 2.68 bits per heavy atom. The molecule has 0 spiro atoms. The number of nitrogens with one attached hydrogen (secondary N) is 3. The number of anilines is 1. The summed E-state index contributed by atoms with van der Waals surface area (Å²) in [6, 6.07) is 10.8. The molecule has 1 fully saturated rings. The van der Waals surface area contributed by atoms with Gasteiger partial charge in [0.25, 0.3) is 0 Å². The molecule has 0 radical (unpaired) electrons. The zero-order chi connectivity index (χ0) is 26.5. The molecule has 5 rings (SSSR count). The van der Waals surface area contributed by atoms with Crippen molar-refractivity contribution in [1.82, 2.24) is 25.5 Å². The number of ether oxygens (including phenoxy) is 1. The summed E-state index contributed by atoms with van der Waals surface area (Å²) in [6.07, 6.45) is 3.94. The summed E-state index contributed by atoms with van der Waals surface area (Å²) in [5, 5.41) is 14.7. The van der Waals surface area contributed by atoms with Gasteiger partial charge in [0.15, 0.2) is 5.65 Å². The number of hydrogen-bond acceptors (Lipinski definition) is 6. The van der Waals surface area contributed by atoms with E-state index < -0.39 is 11.7 Å². The minimum atomic E-state index is -4.44. The van der Waals surface area contributed by atoms with Gasteiger partial charge in [-0.2, -0.15) is 18.3 Å². The van der Waals surface area contributed by atoms with Crippen LogP contribution < -0.4 is 15.4 Å². The van der Waals surface area contributed by atoms with E-state index in [1.807, 2.05) is 6.07 Å². The number of pyridine rings is 2. The van der Waals surface area contributed by atoms with E-state index >= 15 is 0 Å². The molecule has 0 aliphatic carbocycles. The van der Waals surface area contributed by atoms with Gasteiger partial charge in [0.2, 0.25) is 0 Å². The first-order valence-corrected chi connectivity index (χ1v) is 12.7. The number of alkyl halides is 3. The standard InChI is InChI=1S/C28H29F3N6O/c1-18(35-25-16-21(11-14-33-25)28(29,30)31)20-7-9-22(10-8-20)38-24-12-15-34-27-26(24)23(36-37-27)6-2-4-19-5-3-13-32-17-19/h7-12,14-16,19,32H,1-6,13,17H2,(H,33,35)(H,34,36,37)/t19-/m1/s1. The maximum atomic E-state index is 13.0. The van der Waals surface area contributed by atoms with E-state index in [4.69, 9.17) is 4.74 Å². The van der Waals surface area contributed by atoms with Gasteiger partial charge in [-0.25, -0.2) is 9.97 Å². The van der Waals surface area contributed by atoms with Crippen LogP contribution in [0.15, 0.2) is 61.4 Å². The molecule has 38 heavy (non-hydrogen) atoms. The average molecular weight is 523 g/mol. The third-order valence-corrected chi connectivity index (χ3v) is 6.73. The number of H-pyrrole nitrogens is 1. The molecule has 4 heterocycles. The highest BCUT2D eigenvalue weighted by atomic mass is 19.4. The number of rotatable bonds is 9. The van der Waals surface area contributed by atoms with Gasteiger partial charge in [0, 0.05) is 23.8 Å². The van der Waals surface area contributed by atoms with Crippen LogP contribution in [0, 0.1) is 5.92 Å². The summed E-state index contributed by atoms with van der Waals surface area (Å²) in [5.41, 5.74) is 1.95. The highest BCUT2D eigenvalue weighted by Gasteiger charge is 2.30. The predicted molar refractivity (Wildman–Crippen MR) is 141 cm³/mol. The van der Waals surface area contributed by atoms with Crippen molar-refractivity contribution < 1.29 is 17.9 Å². The van der Waals surface area contributed by atoms with Crippen molar-refractivity contribution in [2.75, 3.05) is 18.4 Å². The minimum absolute atomic E-state index is 0.0663. The zero-order valence-electron chi connectivity index (χ0n) is 20.8. The van der Waals surface area contributed by atoms with Crippen LogP contribution in [0.1, 0.15) is 42.5 Å².